The van der Waals surface area contributed by atoms with Gasteiger partial charge in [0, 0.05) is 11.8 Å². The van der Waals surface area contributed by atoms with Crippen molar-refractivity contribution in [3.8, 4) is 0 Å². The van der Waals surface area contributed by atoms with Crippen molar-refractivity contribution in [2.45, 2.75) is 39.9 Å². The topological polar surface area (TPSA) is 61.0 Å². The van der Waals surface area contributed by atoms with E-state index >= 15 is 0 Å². The van der Waals surface area contributed by atoms with E-state index in [1.807, 2.05) is 27.7 Å². The molecular formula is C10H17N3O. The molecule has 0 fully saturated rings. The van der Waals surface area contributed by atoms with E-state index in [0.717, 1.165) is 5.69 Å². The van der Waals surface area contributed by atoms with Crippen molar-refractivity contribution in [3.63, 3.8) is 0 Å². The van der Waals surface area contributed by atoms with Gasteiger partial charge in [0.1, 0.15) is 12.4 Å². The monoisotopic (exact) mass is 195 g/mol. The highest BCUT2D eigenvalue weighted by Crippen LogP contribution is 2.10. The Labute approximate surface area is 84.5 Å². The summed E-state index contributed by atoms with van der Waals surface area (Å²) >= 11 is 0. The Balaban J connectivity index is 2.68. The zero-order valence-electron chi connectivity index (χ0n) is 9.16. The molecule has 78 valence electrons. The Hall–Kier alpha value is -1.16. The number of hydrogen-bond donors (Lipinski definition) is 1. The van der Waals surface area contributed by atoms with Crippen LogP contribution in [-0.2, 0) is 11.3 Å². The SMILES string of the molecule is Cc1cc(N)nc(COC(C)(C)C)n1. The van der Waals surface area contributed by atoms with E-state index < -0.39 is 0 Å². The van der Waals surface area contributed by atoms with Crippen molar-refractivity contribution in [3.05, 3.63) is 17.6 Å². The average Bonchev–Trinajstić information content (AvgIpc) is 1.97. The molecule has 0 aliphatic carbocycles. The van der Waals surface area contributed by atoms with Gasteiger partial charge in [0.25, 0.3) is 0 Å². The number of nitrogens with two attached hydrogens (primary N) is 1. The number of aromatic nitrogens is 2. The van der Waals surface area contributed by atoms with Crippen LogP contribution in [0, 0.1) is 6.92 Å². The van der Waals surface area contributed by atoms with Gasteiger partial charge in [0.2, 0.25) is 0 Å². The van der Waals surface area contributed by atoms with Crippen molar-refractivity contribution in [1.82, 2.24) is 9.97 Å². The molecule has 0 unspecified atom stereocenters. The summed E-state index contributed by atoms with van der Waals surface area (Å²) in [5.41, 5.74) is 6.28. The minimum absolute atomic E-state index is 0.179. The van der Waals surface area contributed by atoms with E-state index in [0.29, 0.717) is 18.2 Å². The Bertz CT molecular complexity index is 297. The molecule has 0 saturated heterocycles. The first-order valence-corrected chi connectivity index (χ1v) is 4.61. The number of aryl methyl sites for hydroxylation is 1. The first-order valence-electron chi connectivity index (χ1n) is 4.61. The summed E-state index contributed by atoms with van der Waals surface area (Å²) in [6, 6.07) is 1.74. The average molecular weight is 195 g/mol. The lowest BCUT2D eigenvalue weighted by molar-refractivity contribution is -0.0181. The maximum atomic E-state index is 5.59. The molecule has 0 amide bonds. The molecule has 1 aromatic heterocycles. The fourth-order valence-corrected chi connectivity index (χ4v) is 1.00. The second-order valence-electron chi connectivity index (χ2n) is 4.25. The molecule has 1 aromatic rings. The van der Waals surface area contributed by atoms with Crippen LogP contribution < -0.4 is 5.73 Å². The summed E-state index contributed by atoms with van der Waals surface area (Å²) in [6.45, 7) is 8.26. The molecule has 0 aromatic carbocycles. The lowest BCUT2D eigenvalue weighted by Gasteiger charge is -2.18. The highest BCUT2D eigenvalue weighted by molar-refractivity contribution is 5.28. The fraction of sp³-hybridized carbons (Fsp3) is 0.600. The quantitative estimate of drug-likeness (QED) is 0.780. The molecule has 0 aliphatic rings. The van der Waals surface area contributed by atoms with Crippen LogP contribution in [0.3, 0.4) is 0 Å². The van der Waals surface area contributed by atoms with Crippen LogP contribution in [0.2, 0.25) is 0 Å². The predicted molar refractivity (Wildman–Crippen MR) is 55.7 cm³/mol. The van der Waals surface area contributed by atoms with Gasteiger partial charge in [-0.3, -0.25) is 0 Å². The van der Waals surface area contributed by atoms with E-state index in [1.165, 1.54) is 0 Å². The molecule has 2 N–H and O–H groups in total. The number of hydrogen-bond acceptors (Lipinski definition) is 4. The molecule has 1 rings (SSSR count). The van der Waals surface area contributed by atoms with E-state index in [-0.39, 0.29) is 5.60 Å². The maximum Gasteiger partial charge on any atom is 0.156 e. The van der Waals surface area contributed by atoms with Crippen molar-refractivity contribution in [2.24, 2.45) is 0 Å². The first kappa shape index (κ1) is 10.9. The van der Waals surface area contributed by atoms with E-state index in [4.69, 9.17) is 10.5 Å². The van der Waals surface area contributed by atoms with Crippen LogP contribution in [0.4, 0.5) is 5.82 Å². The summed E-state index contributed by atoms with van der Waals surface area (Å²) in [5, 5.41) is 0. The highest BCUT2D eigenvalue weighted by Gasteiger charge is 2.11. The van der Waals surface area contributed by atoms with Gasteiger partial charge in [-0.05, 0) is 27.7 Å². The summed E-state index contributed by atoms with van der Waals surface area (Å²) < 4.78 is 5.54. The van der Waals surface area contributed by atoms with Crippen molar-refractivity contribution >= 4 is 5.82 Å². The third-order valence-corrected chi connectivity index (χ3v) is 1.55. The summed E-state index contributed by atoms with van der Waals surface area (Å²) in [7, 11) is 0. The van der Waals surface area contributed by atoms with E-state index in [2.05, 4.69) is 9.97 Å². The van der Waals surface area contributed by atoms with Gasteiger partial charge >= 0.3 is 0 Å². The molecule has 0 aliphatic heterocycles. The second-order valence-corrected chi connectivity index (χ2v) is 4.25. The number of ether oxygens (including phenoxy) is 1. The highest BCUT2D eigenvalue weighted by atomic mass is 16.5. The van der Waals surface area contributed by atoms with E-state index in [1.54, 1.807) is 6.07 Å². The minimum atomic E-state index is -0.179. The van der Waals surface area contributed by atoms with Gasteiger partial charge in [-0.15, -0.1) is 0 Å². The second kappa shape index (κ2) is 3.92. The molecule has 0 bridgehead atoms. The summed E-state index contributed by atoms with van der Waals surface area (Å²) in [5.74, 6) is 1.13. The van der Waals surface area contributed by atoms with Crippen LogP contribution in [0.15, 0.2) is 6.07 Å². The van der Waals surface area contributed by atoms with Gasteiger partial charge in [-0.1, -0.05) is 0 Å². The number of nitrogen functional groups attached to an aromatic ring is 1. The Kier molecular flexibility index (Phi) is 3.06. The minimum Gasteiger partial charge on any atom is -0.384 e. The van der Waals surface area contributed by atoms with Gasteiger partial charge in [0.05, 0.1) is 5.60 Å². The molecule has 0 radical (unpaired) electrons. The van der Waals surface area contributed by atoms with E-state index in [9.17, 15) is 0 Å². The fourth-order valence-electron chi connectivity index (χ4n) is 1.00. The molecular weight excluding hydrogens is 178 g/mol. The smallest absolute Gasteiger partial charge is 0.156 e. The lowest BCUT2D eigenvalue weighted by atomic mass is 10.2. The zero-order chi connectivity index (χ0) is 10.8. The molecule has 4 nitrogen and oxygen atoms in total. The predicted octanol–water partition coefficient (Wildman–Crippen LogP) is 1.68. The number of rotatable bonds is 2. The van der Waals surface area contributed by atoms with Crippen molar-refractivity contribution in [1.29, 1.82) is 0 Å². The molecule has 0 atom stereocenters. The number of anilines is 1. The Morgan fingerprint density at radius 1 is 1.36 bits per heavy atom. The third-order valence-electron chi connectivity index (χ3n) is 1.55. The number of nitrogens with zero attached hydrogens (tertiary/aromatic N) is 2. The first-order chi connectivity index (χ1) is 6.37. The van der Waals surface area contributed by atoms with Gasteiger partial charge < -0.3 is 10.5 Å². The van der Waals surface area contributed by atoms with Crippen molar-refractivity contribution < 1.29 is 4.74 Å². The van der Waals surface area contributed by atoms with Crippen LogP contribution in [0.5, 0.6) is 0 Å². The maximum absolute atomic E-state index is 5.59. The molecule has 0 saturated carbocycles. The molecule has 1 heterocycles. The van der Waals surface area contributed by atoms with Gasteiger partial charge in [-0.25, -0.2) is 9.97 Å². The van der Waals surface area contributed by atoms with Crippen LogP contribution in [0.25, 0.3) is 0 Å². The summed E-state index contributed by atoms with van der Waals surface area (Å²) in [6.07, 6.45) is 0. The van der Waals surface area contributed by atoms with Gasteiger partial charge in [-0.2, -0.15) is 0 Å². The zero-order valence-corrected chi connectivity index (χ0v) is 9.16. The Morgan fingerprint density at radius 2 is 2.00 bits per heavy atom. The van der Waals surface area contributed by atoms with Crippen molar-refractivity contribution in [2.75, 3.05) is 5.73 Å². The lowest BCUT2D eigenvalue weighted by Crippen LogP contribution is -2.19. The van der Waals surface area contributed by atoms with Crippen LogP contribution in [-0.4, -0.2) is 15.6 Å². The molecule has 14 heavy (non-hydrogen) atoms. The van der Waals surface area contributed by atoms with Crippen LogP contribution in [0.1, 0.15) is 32.3 Å². The largest absolute Gasteiger partial charge is 0.384 e. The Morgan fingerprint density at radius 3 is 2.50 bits per heavy atom. The molecule has 4 heteroatoms. The standard InChI is InChI=1S/C10H17N3O/c1-7-5-8(11)13-9(12-7)6-14-10(2,3)4/h5H,6H2,1-4H3,(H2,11,12,13). The third kappa shape index (κ3) is 3.70. The van der Waals surface area contributed by atoms with Gasteiger partial charge in [0.15, 0.2) is 5.82 Å². The molecule has 0 spiro atoms. The van der Waals surface area contributed by atoms with Crippen LogP contribution >= 0.6 is 0 Å². The normalized spacial score (nSPS) is 11.7. The summed E-state index contributed by atoms with van der Waals surface area (Å²) in [4.78, 5) is 8.30.